The molecule has 4 aromatic rings. The van der Waals surface area contributed by atoms with Crippen molar-refractivity contribution in [2.45, 2.75) is 31.4 Å². The maximum absolute atomic E-state index is 12.0. The fraction of sp³-hybridized carbons (Fsp3) is 0.292. The number of aromatic nitrogens is 4. The summed E-state index contributed by atoms with van der Waals surface area (Å²) in [6.45, 7) is 0. The lowest BCUT2D eigenvalue weighted by atomic mass is 9.87. The molecule has 0 atom stereocenters. The Kier molecular flexibility index (Phi) is 7.06. The van der Waals surface area contributed by atoms with E-state index in [0.717, 1.165) is 48.6 Å². The summed E-state index contributed by atoms with van der Waals surface area (Å²) in [7, 11) is -12.3. The van der Waals surface area contributed by atoms with Crippen LogP contribution in [0.5, 0.6) is 0 Å². The molecule has 0 aliphatic heterocycles. The van der Waals surface area contributed by atoms with Gasteiger partial charge in [-0.05, 0) is 72.7 Å². The zero-order valence-corrected chi connectivity index (χ0v) is 24.0. The van der Waals surface area contributed by atoms with Gasteiger partial charge in [0.25, 0.3) is 10.1 Å². The summed E-state index contributed by atoms with van der Waals surface area (Å²) >= 11 is 0. The minimum Gasteiger partial charge on any atom is -0.324 e. The predicted molar refractivity (Wildman–Crippen MR) is 150 cm³/mol. The van der Waals surface area contributed by atoms with Gasteiger partial charge in [0.15, 0.2) is 5.65 Å². The molecule has 2 heterocycles. The Labute approximate surface area is 231 Å². The van der Waals surface area contributed by atoms with Gasteiger partial charge in [0.05, 0.1) is 35.5 Å². The van der Waals surface area contributed by atoms with Gasteiger partial charge in [-0.25, -0.2) is 26.5 Å². The van der Waals surface area contributed by atoms with Crippen LogP contribution in [0.25, 0.3) is 16.7 Å². The second kappa shape index (κ2) is 10.1. The largest absolute Gasteiger partial charge is 0.324 e. The molecular formula is C24H26N6O7S3. The van der Waals surface area contributed by atoms with E-state index in [1.807, 2.05) is 0 Å². The normalized spacial score (nSPS) is 14.2. The predicted octanol–water partition coefficient (Wildman–Crippen LogP) is 2.55. The van der Waals surface area contributed by atoms with Crippen molar-refractivity contribution in [2.24, 2.45) is 0 Å². The minimum absolute atomic E-state index is 0.0350. The number of hydrogen-bond acceptors (Lipinski definition) is 10. The van der Waals surface area contributed by atoms with E-state index < -0.39 is 35.9 Å². The van der Waals surface area contributed by atoms with E-state index >= 15 is 0 Å². The highest BCUT2D eigenvalue weighted by molar-refractivity contribution is 8.09. The van der Waals surface area contributed by atoms with Crippen LogP contribution in [0.4, 0.5) is 17.3 Å². The Balaban J connectivity index is 1.49. The summed E-state index contributed by atoms with van der Waals surface area (Å²) in [4.78, 5) is 8.93. The summed E-state index contributed by atoms with van der Waals surface area (Å²) in [5.74, 6) is -0.224. The lowest BCUT2D eigenvalue weighted by molar-refractivity contribution is 0.481. The minimum atomic E-state index is -4.18. The average molecular weight is 607 g/mol. The van der Waals surface area contributed by atoms with Crippen molar-refractivity contribution in [3.05, 3.63) is 65.5 Å². The maximum Gasteiger partial charge on any atom is 0.269 e. The standard InChI is InChI=1S/C24H26N6O7S3/c1-38(31,32)30(39(2,33)34)19-10-8-18(9-11-19)27-24-25-13-17-14-26-29(23(17)28-24)22-12-7-16(15-40(35,36)37)20-5-3-4-6-21(20)22/h7-14H,3-6,15H2,1-2H3,(H,25,27,28)(H,35,36,37). The molecule has 0 unspecified atom stereocenters. The van der Waals surface area contributed by atoms with E-state index in [1.54, 1.807) is 29.2 Å². The van der Waals surface area contributed by atoms with Crippen molar-refractivity contribution in [2.75, 3.05) is 21.5 Å². The quantitative estimate of drug-likeness (QED) is 0.281. The van der Waals surface area contributed by atoms with Gasteiger partial charge in [0, 0.05) is 11.9 Å². The number of sulfonamides is 2. The second-order valence-electron chi connectivity index (χ2n) is 9.56. The number of hydrogen-bond donors (Lipinski definition) is 2. The summed E-state index contributed by atoms with van der Waals surface area (Å²) in [6, 6.07) is 9.20. The van der Waals surface area contributed by atoms with Crippen LogP contribution in [0.2, 0.25) is 0 Å². The maximum atomic E-state index is 12.0. The third-order valence-corrected chi connectivity index (χ3v) is 10.3. The molecule has 2 N–H and O–H groups in total. The van der Waals surface area contributed by atoms with Crippen LogP contribution in [0.3, 0.4) is 0 Å². The number of rotatable bonds is 8. The van der Waals surface area contributed by atoms with E-state index in [-0.39, 0.29) is 11.6 Å². The number of nitrogens with one attached hydrogen (secondary N) is 1. The van der Waals surface area contributed by atoms with Crippen LogP contribution in [0.1, 0.15) is 29.5 Å². The van der Waals surface area contributed by atoms with E-state index in [4.69, 9.17) is 0 Å². The molecule has 13 nitrogen and oxygen atoms in total. The van der Waals surface area contributed by atoms with Gasteiger partial charge in [-0.1, -0.05) is 6.07 Å². The molecule has 212 valence electrons. The highest BCUT2D eigenvalue weighted by atomic mass is 32.3. The molecule has 0 bridgehead atoms. The first-order valence-electron chi connectivity index (χ1n) is 12.1. The van der Waals surface area contributed by atoms with Crippen molar-refractivity contribution >= 4 is 58.5 Å². The van der Waals surface area contributed by atoms with Crippen molar-refractivity contribution < 1.29 is 29.8 Å². The van der Waals surface area contributed by atoms with E-state index in [1.165, 1.54) is 24.3 Å². The molecule has 40 heavy (non-hydrogen) atoms. The van der Waals surface area contributed by atoms with Gasteiger partial charge in [0.1, 0.15) is 5.75 Å². The van der Waals surface area contributed by atoms with Crippen molar-refractivity contribution in [1.82, 2.24) is 19.7 Å². The smallest absolute Gasteiger partial charge is 0.269 e. The molecule has 0 fully saturated rings. The number of fused-ring (bicyclic) bond motifs is 2. The Morgan fingerprint density at radius 2 is 1.55 bits per heavy atom. The van der Waals surface area contributed by atoms with Gasteiger partial charge in [-0.3, -0.25) is 4.55 Å². The molecule has 0 saturated heterocycles. The molecule has 0 radical (unpaired) electrons. The lowest BCUT2D eigenvalue weighted by Gasteiger charge is -2.22. The molecule has 0 amide bonds. The highest BCUT2D eigenvalue weighted by Gasteiger charge is 2.27. The summed E-state index contributed by atoms with van der Waals surface area (Å²) in [6.07, 6.45) is 8.11. The molecule has 0 saturated carbocycles. The van der Waals surface area contributed by atoms with Gasteiger partial charge in [0.2, 0.25) is 26.0 Å². The molecule has 16 heteroatoms. The fourth-order valence-corrected chi connectivity index (χ4v) is 8.57. The van der Waals surface area contributed by atoms with Gasteiger partial charge in [-0.15, -0.1) is 0 Å². The van der Waals surface area contributed by atoms with E-state index in [2.05, 4.69) is 20.4 Å². The number of benzene rings is 2. The van der Waals surface area contributed by atoms with E-state index in [9.17, 15) is 29.8 Å². The third-order valence-electron chi connectivity index (χ3n) is 6.42. The Hall–Kier alpha value is -3.60. The van der Waals surface area contributed by atoms with Crippen LogP contribution < -0.4 is 9.03 Å². The third kappa shape index (κ3) is 5.79. The molecule has 2 aromatic carbocycles. The topological polar surface area (TPSA) is 182 Å². The van der Waals surface area contributed by atoms with Crippen LogP contribution in [-0.2, 0) is 48.8 Å². The van der Waals surface area contributed by atoms with Gasteiger partial charge >= 0.3 is 0 Å². The van der Waals surface area contributed by atoms with Gasteiger partial charge < -0.3 is 5.32 Å². The van der Waals surface area contributed by atoms with Crippen molar-refractivity contribution in [1.29, 1.82) is 0 Å². The fourth-order valence-electron chi connectivity index (χ4n) is 4.93. The SMILES string of the molecule is CS(=O)(=O)N(c1ccc(Nc2ncc3cnn(-c4ccc(CS(=O)(=O)O)c5c4CCCC5)c3n2)cc1)S(C)(=O)=O. The molecule has 0 spiro atoms. The Morgan fingerprint density at radius 3 is 2.17 bits per heavy atom. The zero-order chi connectivity index (χ0) is 28.9. The zero-order valence-electron chi connectivity index (χ0n) is 21.5. The van der Waals surface area contributed by atoms with Crippen LogP contribution in [0.15, 0.2) is 48.8 Å². The molecule has 1 aliphatic carbocycles. The molecule has 5 rings (SSSR count). The molecule has 2 aromatic heterocycles. The van der Waals surface area contributed by atoms with Crippen LogP contribution >= 0.6 is 0 Å². The second-order valence-corrected chi connectivity index (χ2v) is 14.9. The van der Waals surface area contributed by atoms with Gasteiger partial charge in [-0.2, -0.15) is 22.2 Å². The first-order chi connectivity index (χ1) is 18.7. The first-order valence-corrected chi connectivity index (χ1v) is 17.4. The summed E-state index contributed by atoms with van der Waals surface area (Å²) in [5, 5.41) is 8.20. The monoisotopic (exact) mass is 606 g/mol. The average Bonchev–Trinajstić information content (AvgIpc) is 3.26. The number of anilines is 3. The molecular weight excluding hydrogens is 581 g/mol. The van der Waals surface area contributed by atoms with Crippen LogP contribution in [-0.4, -0.2) is 62.1 Å². The Bertz CT molecular complexity index is 1910. The van der Waals surface area contributed by atoms with E-state index in [0.29, 0.717) is 32.4 Å². The Morgan fingerprint density at radius 1 is 0.900 bits per heavy atom. The lowest BCUT2D eigenvalue weighted by Crippen LogP contribution is -2.35. The van der Waals surface area contributed by atoms with Crippen molar-refractivity contribution in [3.8, 4) is 5.69 Å². The first kappa shape index (κ1) is 27.9. The number of nitrogens with zero attached hydrogens (tertiary/aromatic N) is 5. The van der Waals surface area contributed by atoms with Crippen LogP contribution in [0, 0.1) is 0 Å². The highest BCUT2D eigenvalue weighted by Crippen LogP contribution is 2.32. The summed E-state index contributed by atoms with van der Waals surface area (Å²) in [5.41, 5.74) is 4.15. The summed E-state index contributed by atoms with van der Waals surface area (Å²) < 4.78 is 82.7. The van der Waals surface area contributed by atoms with Crippen molar-refractivity contribution in [3.63, 3.8) is 0 Å². The molecule has 1 aliphatic rings.